The van der Waals surface area contributed by atoms with Gasteiger partial charge in [-0.2, -0.15) is 0 Å². The zero-order chi connectivity index (χ0) is 21.4. The van der Waals surface area contributed by atoms with Crippen molar-refractivity contribution < 1.29 is 9.59 Å². The Morgan fingerprint density at radius 1 is 0.800 bits per heavy atom. The Hall–Kier alpha value is -3.37. The fourth-order valence-corrected chi connectivity index (χ4v) is 3.73. The van der Waals surface area contributed by atoms with Gasteiger partial charge in [0.2, 0.25) is 0 Å². The van der Waals surface area contributed by atoms with Gasteiger partial charge < -0.3 is 5.32 Å². The van der Waals surface area contributed by atoms with E-state index in [0.717, 1.165) is 16.7 Å². The van der Waals surface area contributed by atoms with Crippen molar-refractivity contribution in [2.75, 3.05) is 10.2 Å². The predicted molar refractivity (Wildman–Crippen MR) is 122 cm³/mol. The topological polar surface area (TPSA) is 49.4 Å². The number of carbonyl (C=O) groups excluding carboxylic acids is 2. The third kappa shape index (κ3) is 3.51. The monoisotopic (exact) mass is 416 g/mol. The number of imide groups is 1. The summed E-state index contributed by atoms with van der Waals surface area (Å²) in [5, 5.41) is 3.74. The Morgan fingerprint density at radius 2 is 1.50 bits per heavy atom. The lowest BCUT2D eigenvalue weighted by atomic mass is 10.0. The van der Waals surface area contributed by atoms with Gasteiger partial charge in [0.05, 0.1) is 11.3 Å². The van der Waals surface area contributed by atoms with E-state index in [1.807, 2.05) is 75.4 Å². The van der Waals surface area contributed by atoms with Gasteiger partial charge in [0.25, 0.3) is 11.8 Å². The molecule has 0 atom stereocenters. The van der Waals surface area contributed by atoms with Crippen molar-refractivity contribution in [3.63, 3.8) is 0 Å². The molecule has 1 aliphatic rings. The summed E-state index contributed by atoms with van der Waals surface area (Å²) in [6, 6.07) is 20.4. The zero-order valence-corrected chi connectivity index (χ0v) is 17.7. The Bertz CT molecular complexity index is 1200. The quantitative estimate of drug-likeness (QED) is 0.558. The molecule has 0 radical (unpaired) electrons. The highest BCUT2D eigenvalue weighted by Gasteiger charge is 2.40. The van der Waals surface area contributed by atoms with E-state index < -0.39 is 0 Å². The van der Waals surface area contributed by atoms with Gasteiger partial charge in [-0.15, -0.1) is 0 Å². The molecule has 0 bridgehead atoms. The maximum absolute atomic E-state index is 13.5. The first-order valence-corrected chi connectivity index (χ1v) is 10.0. The van der Waals surface area contributed by atoms with Gasteiger partial charge in [0.15, 0.2) is 0 Å². The highest BCUT2D eigenvalue weighted by molar-refractivity contribution is 6.46. The summed E-state index contributed by atoms with van der Waals surface area (Å²) < 4.78 is 0. The average molecular weight is 417 g/mol. The fraction of sp³-hybridized carbons (Fsp3) is 0.120. The van der Waals surface area contributed by atoms with Crippen LogP contribution in [0.25, 0.3) is 5.57 Å². The second-order valence-corrected chi connectivity index (χ2v) is 7.87. The first kappa shape index (κ1) is 19.9. The van der Waals surface area contributed by atoms with Crippen molar-refractivity contribution in [2.45, 2.75) is 20.8 Å². The first-order valence-electron chi connectivity index (χ1n) is 9.65. The van der Waals surface area contributed by atoms with Crippen LogP contribution < -0.4 is 10.2 Å². The number of anilines is 2. The molecule has 5 heteroatoms. The van der Waals surface area contributed by atoms with Gasteiger partial charge in [-0.1, -0.05) is 60.1 Å². The highest BCUT2D eigenvalue weighted by Crippen LogP contribution is 2.36. The van der Waals surface area contributed by atoms with Crippen LogP contribution in [-0.2, 0) is 9.59 Å². The Kier molecular flexibility index (Phi) is 5.18. The molecule has 4 rings (SSSR count). The van der Waals surface area contributed by atoms with Crippen LogP contribution in [0, 0.1) is 20.8 Å². The van der Waals surface area contributed by atoms with Gasteiger partial charge in [0.1, 0.15) is 5.70 Å². The molecule has 3 aromatic rings. The summed E-state index contributed by atoms with van der Waals surface area (Å²) in [7, 11) is 0. The SMILES string of the molecule is Cc1ccc(C)c(N2C(=O)C(Nc3cc(Cl)ccc3C)=C(c3ccccc3)C2=O)c1. The molecule has 1 heterocycles. The Balaban J connectivity index is 1.87. The Labute approximate surface area is 180 Å². The molecule has 0 saturated heterocycles. The summed E-state index contributed by atoms with van der Waals surface area (Å²) in [6.07, 6.45) is 0. The summed E-state index contributed by atoms with van der Waals surface area (Å²) in [5.41, 5.74) is 5.32. The molecule has 4 nitrogen and oxygen atoms in total. The standard InChI is InChI=1S/C25H21ClN2O2/c1-15-9-10-17(3)21(13-15)28-24(29)22(18-7-5-4-6-8-18)23(25(28)30)27-20-14-19(26)12-11-16(20)2/h4-14,27H,1-3H3. The fourth-order valence-electron chi connectivity index (χ4n) is 3.56. The number of benzene rings is 3. The molecule has 150 valence electrons. The molecule has 2 amide bonds. The zero-order valence-electron chi connectivity index (χ0n) is 17.0. The van der Waals surface area contributed by atoms with E-state index in [4.69, 9.17) is 11.6 Å². The van der Waals surface area contributed by atoms with Crippen LogP contribution >= 0.6 is 11.6 Å². The summed E-state index contributed by atoms with van der Waals surface area (Å²) in [6.45, 7) is 5.75. The minimum Gasteiger partial charge on any atom is -0.350 e. The lowest BCUT2D eigenvalue weighted by molar-refractivity contribution is -0.120. The largest absolute Gasteiger partial charge is 0.350 e. The number of nitrogens with zero attached hydrogens (tertiary/aromatic N) is 1. The van der Waals surface area contributed by atoms with Crippen molar-refractivity contribution in [3.8, 4) is 0 Å². The van der Waals surface area contributed by atoms with Crippen molar-refractivity contribution in [1.29, 1.82) is 0 Å². The van der Waals surface area contributed by atoms with Gasteiger partial charge in [-0.05, 0) is 61.2 Å². The van der Waals surface area contributed by atoms with Crippen LogP contribution in [0.3, 0.4) is 0 Å². The summed E-state index contributed by atoms with van der Waals surface area (Å²) in [4.78, 5) is 28.3. The number of halogens is 1. The number of aryl methyl sites for hydroxylation is 3. The molecule has 30 heavy (non-hydrogen) atoms. The van der Waals surface area contributed by atoms with Crippen molar-refractivity contribution >= 4 is 40.4 Å². The molecule has 0 unspecified atom stereocenters. The van der Waals surface area contributed by atoms with Crippen LogP contribution in [0.5, 0.6) is 0 Å². The maximum atomic E-state index is 13.5. The summed E-state index contributed by atoms with van der Waals surface area (Å²) >= 11 is 6.17. The van der Waals surface area contributed by atoms with Crippen LogP contribution in [0.4, 0.5) is 11.4 Å². The molecule has 1 aliphatic heterocycles. The molecular formula is C25H21ClN2O2. The first-order chi connectivity index (χ1) is 14.4. The maximum Gasteiger partial charge on any atom is 0.282 e. The van der Waals surface area contributed by atoms with Crippen LogP contribution in [0.1, 0.15) is 22.3 Å². The van der Waals surface area contributed by atoms with E-state index in [1.54, 1.807) is 12.1 Å². The van der Waals surface area contributed by atoms with Crippen LogP contribution in [0.2, 0.25) is 5.02 Å². The minimum atomic E-state index is -0.382. The van der Waals surface area contributed by atoms with Crippen LogP contribution in [0.15, 0.2) is 72.4 Å². The second-order valence-electron chi connectivity index (χ2n) is 7.44. The van der Waals surface area contributed by atoms with Gasteiger partial charge in [-0.3, -0.25) is 9.59 Å². The molecule has 0 aromatic heterocycles. The molecule has 0 saturated carbocycles. The lowest BCUT2D eigenvalue weighted by Crippen LogP contribution is -2.33. The van der Waals surface area contributed by atoms with E-state index in [-0.39, 0.29) is 17.5 Å². The number of hydrogen-bond acceptors (Lipinski definition) is 3. The minimum absolute atomic E-state index is 0.248. The third-order valence-corrected chi connectivity index (χ3v) is 5.45. The van der Waals surface area contributed by atoms with Crippen molar-refractivity contribution in [3.05, 3.63) is 99.7 Å². The Morgan fingerprint density at radius 3 is 2.23 bits per heavy atom. The lowest BCUT2D eigenvalue weighted by Gasteiger charge is -2.18. The number of carbonyl (C=O) groups is 2. The van der Waals surface area contributed by atoms with Gasteiger partial charge in [0, 0.05) is 10.7 Å². The van der Waals surface area contributed by atoms with E-state index in [0.29, 0.717) is 27.5 Å². The predicted octanol–water partition coefficient (Wildman–Crippen LogP) is 5.66. The molecule has 1 N–H and O–H groups in total. The van der Waals surface area contributed by atoms with E-state index >= 15 is 0 Å². The molecule has 3 aromatic carbocycles. The number of amides is 2. The third-order valence-electron chi connectivity index (χ3n) is 5.21. The smallest absolute Gasteiger partial charge is 0.282 e. The normalized spacial score (nSPS) is 13.9. The number of hydrogen-bond donors (Lipinski definition) is 1. The molecule has 0 fully saturated rings. The van der Waals surface area contributed by atoms with E-state index in [9.17, 15) is 9.59 Å². The van der Waals surface area contributed by atoms with Gasteiger partial charge >= 0.3 is 0 Å². The van der Waals surface area contributed by atoms with E-state index in [2.05, 4.69) is 5.32 Å². The molecule has 0 spiro atoms. The summed E-state index contributed by atoms with van der Waals surface area (Å²) in [5.74, 6) is -0.728. The van der Waals surface area contributed by atoms with Crippen molar-refractivity contribution in [1.82, 2.24) is 0 Å². The van der Waals surface area contributed by atoms with Crippen molar-refractivity contribution in [2.24, 2.45) is 0 Å². The molecule has 0 aliphatic carbocycles. The number of nitrogens with one attached hydrogen (secondary N) is 1. The average Bonchev–Trinajstić information content (AvgIpc) is 2.97. The van der Waals surface area contributed by atoms with Gasteiger partial charge in [-0.25, -0.2) is 4.90 Å². The second kappa shape index (κ2) is 7.81. The highest BCUT2D eigenvalue weighted by atomic mass is 35.5. The van der Waals surface area contributed by atoms with E-state index in [1.165, 1.54) is 4.90 Å². The van der Waals surface area contributed by atoms with Crippen LogP contribution in [-0.4, -0.2) is 11.8 Å². The number of rotatable bonds is 4. The molecular weight excluding hydrogens is 396 g/mol.